The summed E-state index contributed by atoms with van der Waals surface area (Å²) in [4.78, 5) is 0. The maximum absolute atomic E-state index is 8.02. The predicted molar refractivity (Wildman–Crippen MR) is 44.9 cm³/mol. The molecule has 80 valence electrons. The molecular formula is C5H14Cl2N2O2Pt. The van der Waals surface area contributed by atoms with Gasteiger partial charge in [-0.2, -0.15) is 0 Å². The summed E-state index contributed by atoms with van der Waals surface area (Å²) >= 11 is 10.3. The molecule has 0 saturated heterocycles. The predicted octanol–water partition coefficient (Wildman–Crippen LogP) is 1.74. The summed E-state index contributed by atoms with van der Waals surface area (Å²) in [5, 5.41) is 16.2. The van der Waals surface area contributed by atoms with Crippen LogP contribution in [0.3, 0.4) is 0 Å². The summed E-state index contributed by atoms with van der Waals surface area (Å²) in [5.74, 6) is 0. The van der Waals surface area contributed by atoms with Gasteiger partial charge in [0.25, 0.3) is 0 Å². The van der Waals surface area contributed by atoms with Gasteiger partial charge in [0, 0.05) is 28.1 Å². The van der Waals surface area contributed by atoms with Crippen molar-refractivity contribution in [1.82, 2.24) is 9.65 Å². The first kappa shape index (κ1) is 18.8. The second-order valence-electron chi connectivity index (χ2n) is 2.14. The Kier molecular flexibility index (Phi) is 19.0. The monoisotopic (exact) mass is 399 g/mol. The fourth-order valence-corrected chi connectivity index (χ4v) is 0. The molecule has 0 aromatic heterocycles. The van der Waals surface area contributed by atoms with Crippen molar-refractivity contribution in [2.45, 2.75) is 19.9 Å². The van der Waals surface area contributed by atoms with Crippen LogP contribution >= 0.6 is 23.4 Å². The maximum Gasteiger partial charge on any atom is 0.0879 e. The molecule has 0 rings (SSSR count). The second kappa shape index (κ2) is 12.1. The summed E-state index contributed by atoms with van der Waals surface area (Å²) in [6.45, 7) is 3.33. The van der Waals surface area contributed by atoms with E-state index < -0.39 is 0 Å². The smallest absolute Gasteiger partial charge is 0.0879 e. The number of hydrogen-bond acceptors (Lipinski definition) is 4. The molecule has 0 atom stereocenters. The minimum absolute atomic E-state index is 0. The van der Waals surface area contributed by atoms with Crippen LogP contribution in [0, 0.1) is 0 Å². The largest absolute Gasteiger partial charge is 0.289 e. The SMILES string of the molecule is CC(C)N(O)O.CN(Cl)CCl.[Pt]. The summed E-state index contributed by atoms with van der Waals surface area (Å²) in [7, 11) is 1.69. The number of hydroxylamine groups is 2. The Morgan fingerprint density at radius 2 is 1.50 bits per heavy atom. The molecule has 0 aliphatic carbocycles. The van der Waals surface area contributed by atoms with E-state index in [1.165, 1.54) is 4.42 Å². The van der Waals surface area contributed by atoms with Gasteiger partial charge in [-0.1, -0.05) is 5.23 Å². The minimum atomic E-state index is -0.204. The van der Waals surface area contributed by atoms with Crippen LogP contribution in [0.2, 0.25) is 0 Å². The van der Waals surface area contributed by atoms with Crippen molar-refractivity contribution in [3.05, 3.63) is 0 Å². The van der Waals surface area contributed by atoms with E-state index in [4.69, 9.17) is 33.8 Å². The van der Waals surface area contributed by atoms with Crippen LogP contribution in [-0.2, 0) is 21.1 Å². The van der Waals surface area contributed by atoms with Gasteiger partial charge in [0.05, 0.1) is 12.0 Å². The van der Waals surface area contributed by atoms with E-state index in [2.05, 4.69) is 0 Å². The van der Waals surface area contributed by atoms with Gasteiger partial charge >= 0.3 is 0 Å². The minimum Gasteiger partial charge on any atom is -0.289 e. The first-order valence-corrected chi connectivity index (χ1v) is 3.89. The Morgan fingerprint density at radius 1 is 1.33 bits per heavy atom. The molecule has 0 spiro atoms. The van der Waals surface area contributed by atoms with Crippen LogP contribution in [-0.4, -0.2) is 39.2 Å². The van der Waals surface area contributed by atoms with Crippen LogP contribution in [0.5, 0.6) is 0 Å². The second-order valence-corrected chi connectivity index (χ2v) is 2.95. The summed E-state index contributed by atoms with van der Waals surface area (Å²) in [5.41, 5.74) is 0. The van der Waals surface area contributed by atoms with E-state index in [0.717, 1.165) is 0 Å². The molecule has 4 nitrogen and oxygen atoms in total. The van der Waals surface area contributed by atoms with Crippen molar-refractivity contribution in [1.29, 1.82) is 0 Å². The first-order chi connectivity index (χ1) is 4.91. The molecule has 12 heavy (non-hydrogen) atoms. The van der Waals surface area contributed by atoms with Crippen LogP contribution in [0.15, 0.2) is 0 Å². The van der Waals surface area contributed by atoms with E-state index in [0.29, 0.717) is 6.00 Å². The van der Waals surface area contributed by atoms with Gasteiger partial charge in [0.15, 0.2) is 0 Å². The molecule has 0 aromatic carbocycles. The zero-order valence-electron chi connectivity index (χ0n) is 7.15. The van der Waals surface area contributed by atoms with Crippen LogP contribution in [0.4, 0.5) is 0 Å². The summed E-state index contributed by atoms with van der Waals surface area (Å²) < 4.78 is 1.36. The fourth-order valence-electron chi connectivity index (χ4n) is 0. The summed E-state index contributed by atoms with van der Waals surface area (Å²) in [6, 6.07) is 0.173. The average Bonchev–Trinajstić information content (AvgIpc) is 1.89. The molecule has 0 amide bonds. The van der Waals surface area contributed by atoms with Gasteiger partial charge in [0.2, 0.25) is 0 Å². The molecule has 0 unspecified atom stereocenters. The van der Waals surface area contributed by atoms with Crippen molar-refractivity contribution in [2.24, 2.45) is 0 Å². The number of hydrogen-bond donors (Lipinski definition) is 2. The zero-order valence-corrected chi connectivity index (χ0v) is 10.9. The van der Waals surface area contributed by atoms with Crippen molar-refractivity contribution in [3.63, 3.8) is 0 Å². The molecule has 7 heteroatoms. The number of alkyl halides is 1. The van der Waals surface area contributed by atoms with Crippen LogP contribution in [0.1, 0.15) is 13.8 Å². The standard InChI is InChI=1S/C3H9NO2.C2H5Cl2N.Pt/c1-3(2)4(5)6;1-5(4)2-3;/h3,5-6H,1-2H3;2H2,1H3;. The topological polar surface area (TPSA) is 46.9 Å². The molecule has 0 radical (unpaired) electrons. The maximum atomic E-state index is 8.02. The Hall–Kier alpha value is 1.11. The summed E-state index contributed by atoms with van der Waals surface area (Å²) in [6.07, 6.45) is 0. The van der Waals surface area contributed by atoms with E-state index in [1.54, 1.807) is 20.9 Å². The van der Waals surface area contributed by atoms with E-state index >= 15 is 0 Å². The Morgan fingerprint density at radius 3 is 1.50 bits per heavy atom. The van der Waals surface area contributed by atoms with Crippen LogP contribution < -0.4 is 0 Å². The zero-order chi connectivity index (χ0) is 9.44. The van der Waals surface area contributed by atoms with E-state index in [9.17, 15) is 0 Å². The third kappa shape index (κ3) is 22.5. The van der Waals surface area contributed by atoms with Gasteiger partial charge in [-0.25, -0.2) is 4.42 Å². The molecule has 0 heterocycles. The third-order valence-electron chi connectivity index (χ3n) is 0.627. The first-order valence-electron chi connectivity index (χ1n) is 3.01. The van der Waals surface area contributed by atoms with Gasteiger partial charge < -0.3 is 0 Å². The van der Waals surface area contributed by atoms with Gasteiger partial charge in [-0.05, 0) is 25.6 Å². The fraction of sp³-hybridized carbons (Fsp3) is 1.00. The number of rotatable bonds is 2. The Balaban J connectivity index is -0.000000126. The molecule has 2 N–H and O–H groups in total. The number of nitrogens with zero attached hydrogens (tertiary/aromatic N) is 2. The Bertz CT molecular complexity index is 79.8. The molecule has 0 aliphatic rings. The quantitative estimate of drug-likeness (QED) is 0.321. The van der Waals surface area contributed by atoms with Crippen molar-refractivity contribution < 1.29 is 31.5 Å². The van der Waals surface area contributed by atoms with Crippen LogP contribution in [0.25, 0.3) is 0 Å². The molecule has 0 bridgehead atoms. The Labute approximate surface area is 97.3 Å². The third-order valence-corrected chi connectivity index (χ3v) is 1.23. The molecular weight excluding hydrogens is 386 g/mol. The van der Waals surface area contributed by atoms with Gasteiger partial charge in [-0.15, -0.1) is 11.6 Å². The average molecular weight is 400 g/mol. The van der Waals surface area contributed by atoms with E-state index in [-0.39, 0.29) is 32.3 Å². The molecule has 0 saturated carbocycles. The van der Waals surface area contributed by atoms with Crippen molar-refractivity contribution >= 4 is 23.4 Å². The molecule has 0 aromatic rings. The van der Waals surface area contributed by atoms with Gasteiger partial charge in [-0.3, -0.25) is 10.4 Å². The van der Waals surface area contributed by atoms with Gasteiger partial charge in [0.1, 0.15) is 0 Å². The molecule has 0 aliphatic heterocycles. The number of halogens is 2. The van der Waals surface area contributed by atoms with Crippen molar-refractivity contribution in [3.8, 4) is 0 Å². The normalized spacial score (nSPS) is 9.50. The van der Waals surface area contributed by atoms with Crippen molar-refractivity contribution in [2.75, 3.05) is 13.1 Å². The van der Waals surface area contributed by atoms with E-state index in [1.807, 2.05) is 0 Å². The molecule has 0 fully saturated rings.